The van der Waals surface area contributed by atoms with Gasteiger partial charge in [0, 0.05) is 24.6 Å². The van der Waals surface area contributed by atoms with Crippen LogP contribution in [0.2, 0.25) is 0 Å². The van der Waals surface area contributed by atoms with Gasteiger partial charge in [0.2, 0.25) is 0 Å². The lowest BCUT2D eigenvalue weighted by molar-refractivity contribution is 0.254. The highest BCUT2D eigenvalue weighted by Gasteiger charge is 2.22. The van der Waals surface area contributed by atoms with E-state index in [2.05, 4.69) is 18.0 Å². The van der Waals surface area contributed by atoms with Crippen molar-refractivity contribution in [1.82, 2.24) is 9.55 Å². The van der Waals surface area contributed by atoms with Crippen molar-refractivity contribution in [2.24, 2.45) is 7.05 Å². The molecule has 0 radical (unpaired) electrons. The predicted octanol–water partition coefficient (Wildman–Crippen LogP) is 4.36. The molecule has 0 bridgehead atoms. The van der Waals surface area contributed by atoms with Gasteiger partial charge >= 0.3 is 0 Å². The van der Waals surface area contributed by atoms with Crippen LogP contribution in [-0.4, -0.2) is 22.3 Å². The maximum atomic E-state index is 9.80. The highest BCUT2D eigenvalue weighted by atomic mass is 16.5. The van der Waals surface area contributed by atoms with Gasteiger partial charge in [-0.05, 0) is 44.2 Å². The number of hydrogen-bond donors (Lipinski definition) is 0. The summed E-state index contributed by atoms with van der Waals surface area (Å²) >= 11 is 0. The number of aromatic nitrogens is 2. The van der Waals surface area contributed by atoms with Gasteiger partial charge in [-0.2, -0.15) is 5.26 Å². The van der Waals surface area contributed by atoms with Crippen LogP contribution >= 0.6 is 0 Å². The van der Waals surface area contributed by atoms with E-state index in [1.165, 1.54) is 0 Å². The Morgan fingerprint density at radius 3 is 2.96 bits per heavy atom. The summed E-state index contributed by atoms with van der Waals surface area (Å²) in [7, 11) is 1.92. The molecule has 0 saturated carbocycles. The van der Waals surface area contributed by atoms with Gasteiger partial charge < -0.3 is 14.0 Å². The molecular formula is C22H21N3O2. The minimum Gasteiger partial charge on any atom is -0.493 e. The number of nitriles is 1. The summed E-state index contributed by atoms with van der Waals surface area (Å²) in [4.78, 5) is 4.64. The summed E-state index contributed by atoms with van der Waals surface area (Å²) in [6, 6.07) is 14.1. The normalized spacial score (nSPS) is 16.1. The standard InChI is InChI=1S/C22H21N3O2/c1-4-26-20-11-15-9-14(2)27-21(15)12-16(20)10-17(13-23)22-24-18-7-5-6-8-19(18)25(22)3/h5-8,10-12,14H,4,9H2,1-3H3/b17-10-. The van der Waals surface area contributed by atoms with Gasteiger partial charge in [0.15, 0.2) is 5.82 Å². The van der Waals surface area contributed by atoms with Crippen molar-refractivity contribution in [2.45, 2.75) is 26.4 Å². The summed E-state index contributed by atoms with van der Waals surface area (Å²) in [5, 5.41) is 9.80. The molecule has 136 valence electrons. The van der Waals surface area contributed by atoms with Crippen LogP contribution in [-0.2, 0) is 13.5 Å². The molecule has 1 aromatic heterocycles. The third-order valence-electron chi connectivity index (χ3n) is 4.78. The van der Waals surface area contributed by atoms with Gasteiger partial charge in [0.1, 0.15) is 23.7 Å². The number of aryl methyl sites for hydroxylation is 1. The van der Waals surface area contributed by atoms with E-state index in [1.54, 1.807) is 0 Å². The number of rotatable bonds is 4. The molecule has 0 spiro atoms. The first kappa shape index (κ1) is 17.2. The molecule has 2 heterocycles. The number of allylic oxidation sites excluding steroid dienone is 1. The number of benzene rings is 2. The largest absolute Gasteiger partial charge is 0.493 e. The molecule has 0 N–H and O–H groups in total. The van der Waals surface area contributed by atoms with Crippen molar-refractivity contribution in [3.8, 4) is 17.6 Å². The third-order valence-corrected chi connectivity index (χ3v) is 4.78. The van der Waals surface area contributed by atoms with Crippen molar-refractivity contribution in [1.29, 1.82) is 5.26 Å². The van der Waals surface area contributed by atoms with E-state index in [-0.39, 0.29) is 6.10 Å². The molecule has 2 aromatic carbocycles. The zero-order valence-corrected chi connectivity index (χ0v) is 15.7. The Kier molecular flexibility index (Phi) is 4.33. The lowest BCUT2D eigenvalue weighted by Gasteiger charge is -2.10. The maximum Gasteiger partial charge on any atom is 0.151 e. The van der Waals surface area contributed by atoms with Crippen LogP contribution in [0.5, 0.6) is 11.5 Å². The van der Waals surface area contributed by atoms with E-state index in [0.717, 1.165) is 40.1 Å². The van der Waals surface area contributed by atoms with E-state index >= 15 is 0 Å². The third kappa shape index (κ3) is 3.04. The number of nitrogens with zero attached hydrogens (tertiary/aromatic N) is 3. The molecule has 0 saturated heterocycles. The van der Waals surface area contributed by atoms with Gasteiger partial charge in [-0.25, -0.2) is 4.98 Å². The molecule has 0 aliphatic carbocycles. The van der Waals surface area contributed by atoms with Gasteiger partial charge in [0.25, 0.3) is 0 Å². The fourth-order valence-electron chi connectivity index (χ4n) is 3.54. The Labute approximate surface area is 158 Å². The number of imidazole rings is 1. The summed E-state index contributed by atoms with van der Waals surface area (Å²) < 4.78 is 13.7. The lowest BCUT2D eigenvalue weighted by Crippen LogP contribution is -2.05. The van der Waals surface area contributed by atoms with Crippen LogP contribution in [0, 0.1) is 11.3 Å². The van der Waals surface area contributed by atoms with Crippen molar-refractivity contribution in [3.05, 3.63) is 53.3 Å². The average molecular weight is 359 g/mol. The number of hydrogen-bond acceptors (Lipinski definition) is 4. The molecule has 1 aliphatic heterocycles. The van der Waals surface area contributed by atoms with E-state index < -0.39 is 0 Å². The number of fused-ring (bicyclic) bond motifs is 2. The Morgan fingerprint density at radius 1 is 1.41 bits per heavy atom. The smallest absolute Gasteiger partial charge is 0.151 e. The zero-order chi connectivity index (χ0) is 19.0. The van der Waals surface area contributed by atoms with Gasteiger partial charge in [-0.15, -0.1) is 0 Å². The molecule has 1 atom stereocenters. The number of ether oxygens (including phenoxy) is 2. The minimum atomic E-state index is 0.156. The second kappa shape index (κ2) is 6.81. The second-order valence-electron chi connectivity index (χ2n) is 6.72. The highest BCUT2D eigenvalue weighted by Crippen LogP contribution is 2.37. The zero-order valence-electron chi connectivity index (χ0n) is 15.7. The maximum absolute atomic E-state index is 9.80. The van der Waals surface area contributed by atoms with Crippen molar-refractivity contribution < 1.29 is 9.47 Å². The van der Waals surface area contributed by atoms with E-state index in [4.69, 9.17) is 9.47 Å². The summed E-state index contributed by atoms with van der Waals surface area (Å²) in [5.41, 5.74) is 4.32. The fourth-order valence-corrected chi connectivity index (χ4v) is 3.54. The van der Waals surface area contributed by atoms with Crippen molar-refractivity contribution >= 4 is 22.7 Å². The summed E-state index contributed by atoms with van der Waals surface area (Å²) in [6.45, 7) is 4.57. The van der Waals surface area contributed by atoms with Crippen molar-refractivity contribution in [3.63, 3.8) is 0 Å². The van der Waals surface area contributed by atoms with Crippen LogP contribution < -0.4 is 9.47 Å². The van der Waals surface area contributed by atoms with E-state index in [1.807, 2.05) is 61.0 Å². The van der Waals surface area contributed by atoms with E-state index in [0.29, 0.717) is 18.0 Å². The van der Waals surface area contributed by atoms with Gasteiger partial charge in [0.05, 0.1) is 23.2 Å². The monoisotopic (exact) mass is 359 g/mol. The first-order valence-electron chi connectivity index (χ1n) is 9.10. The van der Waals surface area contributed by atoms with E-state index in [9.17, 15) is 5.26 Å². The SMILES string of the molecule is CCOc1cc2c(cc1/C=C(/C#N)c1nc3ccccc3n1C)OC(C)C2. The van der Waals surface area contributed by atoms with Crippen molar-refractivity contribution in [2.75, 3.05) is 6.61 Å². The lowest BCUT2D eigenvalue weighted by atomic mass is 10.0. The van der Waals surface area contributed by atoms with Gasteiger partial charge in [-0.1, -0.05) is 12.1 Å². The molecular weight excluding hydrogens is 338 g/mol. The quantitative estimate of drug-likeness (QED) is 0.650. The Balaban J connectivity index is 1.84. The predicted molar refractivity (Wildman–Crippen MR) is 106 cm³/mol. The van der Waals surface area contributed by atoms with Crippen LogP contribution in [0.15, 0.2) is 36.4 Å². The fraction of sp³-hybridized carbons (Fsp3) is 0.273. The summed E-state index contributed by atoms with van der Waals surface area (Å²) in [6.07, 6.45) is 2.86. The molecule has 4 rings (SSSR count). The molecule has 1 unspecified atom stereocenters. The number of para-hydroxylation sites is 2. The topological polar surface area (TPSA) is 60.1 Å². The van der Waals surface area contributed by atoms with Crippen LogP contribution in [0.4, 0.5) is 0 Å². The Hall–Kier alpha value is -3.26. The molecule has 1 aliphatic rings. The summed E-state index contributed by atoms with van der Waals surface area (Å²) in [5.74, 6) is 2.26. The molecule has 5 heteroatoms. The minimum absolute atomic E-state index is 0.156. The first-order valence-corrected chi connectivity index (χ1v) is 9.10. The van der Waals surface area contributed by atoms with Gasteiger partial charge in [-0.3, -0.25) is 0 Å². The molecule has 27 heavy (non-hydrogen) atoms. The Morgan fingerprint density at radius 2 is 2.22 bits per heavy atom. The second-order valence-corrected chi connectivity index (χ2v) is 6.72. The molecule has 5 nitrogen and oxygen atoms in total. The van der Waals surface area contributed by atoms with Crippen LogP contribution in [0.3, 0.4) is 0 Å². The van der Waals surface area contributed by atoms with Crippen LogP contribution in [0.1, 0.15) is 30.8 Å². The molecule has 0 amide bonds. The Bertz CT molecular complexity index is 1090. The average Bonchev–Trinajstić information content (AvgIpc) is 3.19. The first-order chi connectivity index (χ1) is 13.1. The highest BCUT2D eigenvalue weighted by molar-refractivity contribution is 5.92. The van der Waals surface area contributed by atoms with Crippen LogP contribution in [0.25, 0.3) is 22.7 Å². The molecule has 0 fully saturated rings. The molecule has 3 aromatic rings.